The zero-order valence-electron chi connectivity index (χ0n) is 23.5. The Morgan fingerprint density at radius 1 is 0.386 bits per heavy atom. The smallest absolute Gasteiger partial charge is 0.137 e. The molecule has 4 nitrogen and oxygen atoms in total. The van der Waals surface area contributed by atoms with Crippen LogP contribution < -0.4 is 9.64 Å². The number of ether oxygens (including phenoxy) is 1. The lowest BCUT2D eigenvalue weighted by molar-refractivity contribution is 0.487. The Kier molecular flexibility index (Phi) is 4.69. The molecule has 0 spiro atoms. The number of furan rings is 2. The maximum absolute atomic E-state index is 6.43. The second-order valence-corrected chi connectivity index (χ2v) is 11.3. The molecule has 0 N–H and O–H groups in total. The first-order chi connectivity index (χ1) is 21.8. The van der Waals surface area contributed by atoms with E-state index in [1.54, 1.807) is 0 Å². The third-order valence-corrected chi connectivity index (χ3v) is 8.86. The van der Waals surface area contributed by atoms with Gasteiger partial charge in [0.1, 0.15) is 33.8 Å². The van der Waals surface area contributed by atoms with Crippen molar-refractivity contribution in [3.05, 3.63) is 140 Å². The van der Waals surface area contributed by atoms with E-state index in [9.17, 15) is 0 Å². The molecular weight excluding hydrogens is 542 g/mol. The fourth-order valence-electron chi connectivity index (χ4n) is 6.89. The molecule has 10 rings (SSSR count). The number of benzene rings is 7. The van der Waals surface area contributed by atoms with Crippen LogP contribution in [0.15, 0.2) is 148 Å². The van der Waals surface area contributed by atoms with E-state index in [0.717, 1.165) is 88.8 Å². The second kappa shape index (κ2) is 8.76. The van der Waals surface area contributed by atoms with Crippen molar-refractivity contribution in [2.24, 2.45) is 0 Å². The highest BCUT2D eigenvalue weighted by Gasteiger charge is 2.24. The molecule has 0 radical (unpaired) electrons. The topological polar surface area (TPSA) is 38.8 Å². The van der Waals surface area contributed by atoms with E-state index in [1.165, 1.54) is 5.56 Å². The van der Waals surface area contributed by atoms with Crippen molar-refractivity contribution in [2.45, 2.75) is 0 Å². The Hall–Kier alpha value is -6.00. The summed E-state index contributed by atoms with van der Waals surface area (Å²) in [7, 11) is 0. The van der Waals surface area contributed by atoms with Crippen molar-refractivity contribution in [3.8, 4) is 22.6 Å². The molecule has 0 saturated heterocycles. The Morgan fingerprint density at radius 2 is 0.955 bits per heavy atom. The van der Waals surface area contributed by atoms with Crippen LogP contribution in [-0.2, 0) is 0 Å². The predicted octanol–water partition coefficient (Wildman–Crippen LogP) is 11.9. The normalized spacial score (nSPS) is 12.3. The van der Waals surface area contributed by atoms with Gasteiger partial charge >= 0.3 is 0 Å². The van der Waals surface area contributed by atoms with Gasteiger partial charge in [0.25, 0.3) is 0 Å². The molecular formula is C40H23NO3. The number of para-hydroxylation sites is 3. The second-order valence-electron chi connectivity index (χ2n) is 11.3. The highest BCUT2D eigenvalue weighted by Crippen LogP contribution is 2.51. The minimum Gasteiger partial charge on any atom is -0.456 e. The summed E-state index contributed by atoms with van der Waals surface area (Å²) in [4.78, 5) is 2.29. The van der Waals surface area contributed by atoms with E-state index in [4.69, 9.17) is 13.6 Å². The first-order valence-corrected chi connectivity index (χ1v) is 14.8. The number of hydrogen-bond donors (Lipinski definition) is 0. The van der Waals surface area contributed by atoms with E-state index >= 15 is 0 Å². The highest BCUT2D eigenvalue weighted by molar-refractivity contribution is 6.13. The van der Waals surface area contributed by atoms with E-state index < -0.39 is 0 Å². The third-order valence-electron chi connectivity index (χ3n) is 8.86. The summed E-state index contributed by atoms with van der Waals surface area (Å²) >= 11 is 0. The fourth-order valence-corrected chi connectivity index (χ4v) is 6.89. The number of nitrogens with zero attached hydrogens (tertiary/aromatic N) is 1. The summed E-state index contributed by atoms with van der Waals surface area (Å²) in [6.45, 7) is 0. The van der Waals surface area contributed by atoms with Gasteiger partial charge < -0.3 is 18.5 Å². The van der Waals surface area contributed by atoms with Crippen LogP contribution in [-0.4, -0.2) is 0 Å². The van der Waals surface area contributed by atoms with Crippen LogP contribution in [0.3, 0.4) is 0 Å². The van der Waals surface area contributed by atoms with E-state index in [0.29, 0.717) is 0 Å². The summed E-state index contributed by atoms with van der Waals surface area (Å²) in [6.07, 6.45) is 0. The zero-order chi connectivity index (χ0) is 28.8. The van der Waals surface area contributed by atoms with Crippen molar-refractivity contribution >= 4 is 71.7 Å². The first-order valence-electron chi connectivity index (χ1n) is 14.8. The molecule has 0 saturated carbocycles. The number of anilines is 3. The first kappa shape index (κ1) is 23.6. The van der Waals surface area contributed by atoms with Crippen LogP contribution >= 0.6 is 0 Å². The molecule has 0 atom stereocenters. The molecule has 206 valence electrons. The van der Waals surface area contributed by atoms with Gasteiger partial charge in [-0.15, -0.1) is 0 Å². The van der Waals surface area contributed by atoms with Gasteiger partial charge in [0, 0.05) is 61.4 Å². The van der Waals surface area contributed by atoms with E-state index in [1.807, 2.05) is 36.4 Å². The predicted molar refractivity (Wildman–Crippen MR) is 179 cm³/mol. The Balaban J connectivity index is 1.25. The molecule has 2 aromatic heterocycles. The largest absolute Gasteiger partial charge is 0.456 e. The zero-order valence-corrected chi connectivity index (χ0v) is 23.5. The third kappa shape index (κ3) is 3.28. The molecule has 9 aromatic rings. The summed E-state index contributed by atoms with van der Waals surface area (Å²) in [5.41, 5.74) is 8.74. The average molecular weight is 566 g/mol. The minimum absolute atomic E-state index is 0.846. The van der Waals surface area contributed by atoms with Crippen molar-refractivity contribution in [3.63, 3.8) is 0 Å². The lowest BCUT2D eigenvalue weighted by Crippen LogP contribution is -2.11. The number of rotatable bonds is 3. The summed E-state index contributed by atoms with van der Waals surface area (Å²) in [6, 6.07) is 48.3. The van der Waals surface area contributed by atoms with Gasteiger partial charge in [-0.3, -0.25) is 0 Å². The van der Waals surface area contributed by atoms with Gasteiger partial charge in [-0.1, -0.05) is 72.8 Å². The number of fused-ring (bicyclic) bond motifs is 8. The fraction of sp³-hybridized carbons (Fsp3) is 0. The molecule has 0 amide bonds. The van der Waals surface area contributed by atoms with Gasteiger partial charge in [0.15, 0.2) is 0 Å². The van der Waals surface area contributed by atoms with Crippen molar-refractivity contribution in [1.29, 1.82) is 0 Å². The highest BCUT2D eigenvalue weighted by atomic mass is 16.5. The Bertz CT molecular complexity index is 2490. The van der Waals surface area contributed by atoms with Crippen molar-refractivity contribution in [1.82, 2.24) is 0 Å². The molecule has 3 heterocycles. The summed E-state index contributed by atoms with van der Waals surface area (Å²) in [5.74, 6) is 1.74. The lowest BCUT2D eigenvalue weighted by Gasteiger charge is -2.29. The number of hydrogen-bond acceptors (Lipinski definition) is 4. The van der Waals surface area contributed by atoms with Crippen LogP contribution in [0, 0.1) is 0 Å². The van der Waals surface area contributed by atoms with Crippen LogP contribution in [0.1, 0.15) is 0 Å². The molecule has 7 aromatic carbocycles. The quantitative estimate of drug-likeness (QED) is 0.214. The van der Waals surface area contributed by atoms with Crippen LogP contribution in [0.4, 0.5) is 17.1 Å². The summed E-state index contributed by atoms with van der Waals surface area (Å²) in [5, 5.41) is 6.62. The van der Waals surface area contributed by atoms with E-state index in [2.05, 4.69) is 108 Å². The molecule has 1 aliphatic rings. The van der Waals surface area contributed by atoms with Gasteiger partial charge in [-0.25, -0.2) is 0 Å². The maximum Gasteiger partial charge on any atom is 0.137 e. The summed E-state index contributed by atoms with van der Waals surface area (Å²) < 4.78 is 19.1. The minimum atomic E-state index is 0.846. The molecule has 44 heavy (non-hydrogen) atoms. The SMILES string of the molecule is c1ccc2c(c1)Oc1cccc3c(N(c4ccc5c(c4)oc4ccccc45)c4ccc5c(c4)oc4ccccc45)ccc-2c13. The molecule has 0 fully saturated rings. The van der Waals surface area contributed by atoms with Gasteiger partial charge in [0.05, 0.1) is 5.69 Å². The lowest BCUT2D eigenvalue weighted by atomic mass is 9.93. The molecule has 0 aliphatic carbocycles. The maximum atomic E-state index is 6.43. The average Bonchev–Trinajstić information content (AvgIpc) is 3.63. The van der Waals surface area contributed by atoms with Crippen molar-refractivity contribution in [2.75, 3.05) is 4.90 Å². The Morgan fingerprint density at radius 3 is 1.66 bits per heavy atom. The monoisotopic (exact) mass is 565 g/mol. The van der Waals surface area contributed by atoms with Crippen LogP contribution in [0.5, 0.6) is 11.5 Å². The van der Waals surface area contributed by atoms with E-state index in [-0.39, 0.29) is 0 Å². The van der Waals surface area contributed by atoms with Gasteiger partial charge in [-0.2, -0.15) is 0 Å². The van der Waals surface area contributed by atoms with Crippen molar-refractivity contribution < 1.29 is 13.6 Å². The van der Waals surface area contributed by atoms with Crippen LogP contribution in [0.25, 0.3) is 65.8 Å². The van der Waals surface area contributed by atoms with Gasteiger partial charge in [0.2, 0.25) is 0 Å². The molecule has 1 aliphatic heterocycles. The Labute approximate surface area is 251 Å². The van der Waals surface area contributed by atoms with Gasteiger partial charge in [-0.05, 0) is 60.2 Å². The standard InChI is InChI=1S/C40H23NO3/c1-4-12-34-26(8-1)29-18-16-24(22-38(29)43-34)41(25-17-19-30-27-9-2-5-13-35(27)44-39(30)23-25)33-21-20-31-28-10-3-6-14-36(28)42-37-15-7-11-32(33)40(31)37/h1-23H. The molecule has 0 unspecified atom stereocenters. The molecule has 4 heteroatoms. The molecule has 0 bridgehead atoms. The van der Waals surface area contributed by atoms with Crippen LogP contribution in [0.2, 0.25) is 0 Å².